The second-order valence-electron chi connectivity index (χ2n) is 8.75. The molecule has 4 rings (SSSR count). The molecule has 1 saturated carbocycles. The summed E-state index contributed by atoms with van der Waals surface area (Å²) in [7, 11) is 0. The van der Waals surface area contributed by atoms with E-state index in [1.807, 2.05) is 18.2 Å². The highest BCUT2D eigenvalue weighted by Gasteiger charge is 2.26. The Kier molecular flexibility index (Phi) is 7.86. The fourth-order valence-electron chi connectivity index (χ4n) is 4.91. The molecule has 2 N–H and O–H groups in total. The number of nitrogens with one attached hydrogen (secondary N) is 2. The van der Waals surface area contributed by atoms with Crippen molar-refractivity contribution in [2.75, 3.05) is 44.6 Å². The first-order valence-corrected chi connectivity index (χ1v) is 12.6. The van der Waals surface area contributed by atoms with Crippen LogP contribution >= 0.6 is 15.9 Å². The molecule has 0 radical (unpaired) electrons. The first-order chi connectivity index (χ1) is 15.5. The largest absolute Gasteiger partial charge is 0.461 e. The van der Waals surface area contributed by atoms with Crippen molar-refractivity contribution in [2.45, 2.75) is 51.5 Å². The third kappa shape index (κ3) is 5.53. The number of ether oxygens (including phenoxy) is 1. The number of rotatable bonds is 7. The number of amides is 1. The van der Waals surface area contributed by atoms with Crippen LogP contribution in [0.25, 0.3) is 10.9 Å². The minimum absolute atomic E-state index is 0.0915. The molecule has 7 nitrogen and oxygen atoms in total. The van der Waals surface area contributed by atoms with Gasteiger partial charge in [0.2, 0.25) is 5.91 Å². The maximum Gasteiger partial charge on any atom is 0.356 e. The second-order valence-corrected chi connectivity index (χ2v) is 9.67. The molecule has 1 saturated heterocycles. The molecule has 174 valence electrons. The molecule has 0 atom stereocenters. The fraction of sp³-hybridized carbons (Fsp3) is 0.583. The lowest BCUT2D eigenvalue weighted by Gasteiger charge is -2.40. The second kappa shape index (κ2) is 10.8. The molecule has 0 spiro atoms. The Hall–Kier alpha value is -1.90. The summed E-state index contributed by atoms with van der Waals surface area (Å²) >= 11 is 3.47. The van der Waals surface area contributed by atoms with Gasteiger partial charge in [0, 0.05) is 60.6 Å². The third-order valence-corrected chi connectivity index (χ3v) is 7.15. The van der Waals surface area contributed by atoms with Crippen molar-refractivity contribution in [1.29, 1.82) is 0 Å². The predicted molar refractivity (Wildman–Crippen MR) is 130 cm³/mol. The fourth-order valence-corrected chi connectivity index (χ4v) is 5.27. The Bertz CT molecular complexity index is 946. The highest BCUT2D eigenvalue weighted by Crippen LogP contribution is 2.31. The number of benzene rings is 1. The van der Waals surface area contributed by atoms with Crippen LogP contribution in [0.4, 0.5) is 5.69 Å². The molecule has 2 aliphatic rings. The van der Waals surface area contributed by atoms with Crippen LogP contribution in [0.3, 0.4) is 0 Å². The lowest BCUT2D eigenvalue weighted by atomic mass is 9.94. The molecule has 1 aromatic heterocycles. The quantitative estimate of drug-likeness (QED) is 0.546. The predicted octanol–water partition coefficient (Wildman–Crippen LogP) is 4.39. The van der Waals surface area contributed by atoms with Crippen molar-refractivity contribution in [2.24, 2.45) is 0 Å². The number of hydrogen-bond acceptors (Lipinski definition) is 5. The van der Waals surface area contributed by atoms with E-state index in [-0.39, 0.29) is 18.2 Å². The van der Waals surface area contributed by atoms with Crippen molar-refractivity contribution >= 4 is 44.4 Å². The highest BCUT2D eigenvalue weighted by molar-refractivity contribution is 9.10. The Labute approximate surface area is 198 Å². The Morgan fingerprint density at radius 2 is 1.91 bits per heavy atom. The number of aromatic nitrogens is 1. The molecule has 1 amide bonds. The van der Waals surface area contributed by atoms with Gasteiger partial charge in [0.05, 0.1) is 12.3 Å². The van der Waals surface area contributed by atoms with Crippen molar-refractivity contribution in [3.8, 4) is 0 Å². The zero-order valence-corrected chi connectivity index (χ0v) is 20.4. The molecule has 1 aliphatic carbocycles. The van der Waals surface area contributed by atoms with E-state index >= 15 is 0 Å². The lowest BCUT2D eigenvalue weighted by Crippen LogP contribution is -2.51. The first-order valence-electron chi connectivity index (χ1n) is 11.8. The van der Waals surface area contributed by atoms with Gasteiger partial charge >= 0.3 is 5.97 Å². The molecule has 32 heavy (non-hydrogen) atoms. The van der Waals surface area contributed by atoms with Gasteiger partial charge in [0.15, 0.2) is 0 Å². The van der Waals surface area contributed by atoms with Crippen LogP contribution in [-0.4, -0.2) is 72.0 Å². The van der Waals surface area contributed by atoms with Gasteiger partial charge in [-0.2, -0.15) is 0 Å². The van der Waals surface area contributed by atoms with E-state index in [2.05, 4.69) is 36.0 Å². The summed E-state index contributed by atoms with van der Waals surface area (Å²) in [6.45, 7) is 6.98. The first kappa shape index (κ1) is 23.3. The van der Waals surface area contributed by atoms with Crippen LogP contribution in [0.15, 0.2) is 22.7 Å². The summed E-state index contributed by atoms with van der Waals surface area (Å²) in [6, 6.07) is 6.43. The average molecular weight is 505 g/mol. The van der Waals surface area contributed by atoms with Crippen molar-refractivity contribution in [3.63, 3.8) is 0 Å². The number of aromatic amines is 1. The lowest BCUT2D eigenvalue weighted by molar-refractivity contribution is -0.116. The molecule has 2 heterocycles. The van der Waals surface area contributed by atoms with Crippen LogP contribution in [0, 0.1) is 0 Å². The maximum absolute atomic E-state index is 12.8. The standard InChI is InChI=1S/C24H33BrN4O3/c1-2-32-24(31)23-22(19-16-17(25)8-9-20(19)26-23)27-21(30)10-11-28-12-14-29(15-13-28)18-6-4-3-5-7-18/h8-9,16,18,26H,2-7,10-15H2,1H3,(H,27,30). The van der Waals surface area contributed by atoms with E-state index in [9.17, 15) is 9.59 Å². The topological polar surface area (TPSA) is 77.7 Å². The number of nitrogens with zero attached hydrogens (tertiary/aromatic N) is 2. The Morgan fingerprint density at radius 1 is 1.16 bits per heavy atom. The van der Waals surface area contributed by atoms with Crippen molar-refractivity contribution < 1.29 is 14.3 Å². The third-order valence-electron chi connectivity index (χ3n) is 6.66. The van der Waals surface area contributed by atoms with E-state index in [0.717, 1.165) is 54.1 Å². The van der Waals surface area contributed by atoms with Gasteiger partial charge in [0.25, 0.3) is 0 Å². The number of carbonyl (C=O) groups is 2. The van der Waals surface area contributed by atoms with Crippen LogP contribution < -0.4 is 5.32 Å². The molecule has 0 bridgehead atoms. The van der Waals surface area contributed by atoms with E-state index < -0.39 is 5.97 Å². The van der Waals surface area contributed by atoms with Gasteiger partial charge in [0.1, 0.15) is 5.69 Å². The molecule has 2 fully saturated rings. The monoisotopic (exact) mass is 504 g/mol. The maximum atomic E-state index is 12.8. The molecular weight excluding hydrogens is 472 g/mol. The number of hydrogen-bond donors (Lipinski definition) is 2. The number of piperazine rings is 1. The van der Waals surface area contributed by atoms with Crippen molar-refractivity contribution in [3.05, 3.63) is 28.4 Å². The minimum Gasteiger partial charge on any atom is -0.461 e. The zero-order chi connectivity index (χ0) is 22.5. The van der Waals surface area contributed by atoms with Gasteiger partial charge in [-0.15, -0.1) is 0 Å². The number of carbonyl (C=O) groups excluding carboxylic acids is 2. The van der Waals surface area contributed by atoms with E-state index in [1.54, 1.807) is 6.92 Å². The Morgan fingerprint density at radius 3 is 2.62 bits per heavy atom. The summed E-state index contributed by atoms with van der Waals surface area (Å²) in [5, 5.41) is 3.76. The average Bonchev–Trinajstić information content (AvgIpc) is 3.16. The summed E-state index contributed by atoms with van der Waals surface area (Å²) in [4.78, 5) is 33.4. The van der Waals surface area contributed by atoms with Gasteiger partial charge in [-0.05, 0) is 38.0 Å². The molecule has 8 heteroatoms. The van der Waals surface area contributed by atoms with Crippen LogP contribution in [-0.2, 0) is 9.53 Å². The smallest absolute Gasteiger partial charge is 0.356 e. The minimum atomic E-state index is -0.464. The van der Waals surface area contributed by atoms with Gasteiger partial charge < -0.3 is 19.9 Å². The molecule has 2 aromatic rings. The van der Waals surface area contributed by atoms with Crippen LogP contribution in [0.5, 0.6) is 0 Å². The molecule has 1 aliphatic heterocycles. The number of H-pyrrole nitrogens is 1. The summed E-state index contributed by atoms with van der Waals surface area (Å²) in [5.41, 5.74) is 1.56. The number of esters is 1. The highest BCUT2D eigenvalue weighted by atomic mass is 79.9. The van der Waals surface area contributed by atoms with E-state index in [0.29, 0.717) is 12.1 Å². The summed E-state index contributed by atoms with van der Waals surface area (Å²) in [6.07, 6.45) is 7.19. The normalized spacial score (nSPS) is 18.7. The number of halogens is 1. The van der Waals surface area contributed by atoms with Gasteiger partial charge in [-0.25, -0.2) is 4.79 Å². The zero-order valence-electron chi connectivity index (χ0n) is 18.8. The van der Waals surface area contributed by atoms with E-state index in [1.165, 1.54) is 32.1 Å². The molecule has 0 unspecified atom stereocenters. The van der Waals surface area contributed by atoms with E-state index in [4.69, 9.17) is 4.74 Å². The number of anilines is 1. The van der Waals surface area contributed by atoms with Crippen molar-refractivity contribution in [1.82, 2.24) is 14.8 Å². The molecule has 1 aromatic carbocycles. The van der Waals surface area contributed by atoms with Crippen LogP contribution in [0.2, 0.25) is 0 Å². The number of fused-ring (bicyclic) bond motifs is 1. The summed E-state index contributed by atoms with van der Waals surface area (Å²) < 4.78 is 6.06. The Balaban J connectivity index is 1.34. The van der Waals surface area contributed by atoms with Gasteiger partial charge in [-0.3, -0.25) is 9.69 Å². The SMILES string of the molecule is CCOC(=O)c1[nH]c2ccc(Br)cc2c1NC(=O)CCN1CCN(C2CCCCC2)CC1. The van der Waals surface area contributed by atoms with Crippen LogP contribution in [0.1, 0.15) is 55.9 Å². The summed E-state index contributed by atoms with van der Waals surface area (Å²) in [5.74, 6) is -0.555. The van der Waals surface area contributed by atoms with Gasteiger partial charge in [-0.1, -0.05) is 35.2 Å². The molecular formula is C24H33BrN4O3.